The van der Waals surface area contributed by atoms with Crippen LogP contribution in [0.3, 0.4) is 0 Å². The van der Waals surface area contributed by atoms with Crippen LogP contribution in [0.4, 0.5) is 0 Å². The first-order valence-electron chi connectivity index (χ1n) is 4.31. The normalized spacial score (nSPS) is 15.7. The summed E-state index contributed by atoms with van der Waals surface area (Å²) in [4.78, 5) is 1.26. The lowest BCUT2D eigenvalue weighted by Gasteiger charge is -2.20. The van der Waals surface area contributed by atoms with Crippen LogP contribution in [0.2, 0.25) is 4.34 Å². The van der Waals surface area contributed by atoms with Gasteiger partial charge in [-0.15, -0.1) is 11.3 Å². The molecule has 4 heteroatoms. The first-order valence-corrected chi connectivity index (χ1v) is 5.51. The monoisotopic (exact) mass is 218 g/mol. The summed E-state index contributed by atoms with van der Waals surface area (Å²) >= 11 is 7.48. The molecule has 1 rings (SSSR count). The van der Waals surface area contributed by atoms with E-state index in [0.29, 0.717) is 18.5 Å². The van der Waals surface area contributed by atoms with Gasteiger partial charge >= 0.3 is 0 Å². The molecule has 2 unspecified atom stereocenters. The molecule has 1 aromatic rings. The predicted octanol–water partition coefficient (Wildman–Crippen LogP) is 2.26. The van der Waals surface area contributed by atoms with Gasteiger partial charge in [0.15, 0.2) is 0 Å². The second-order valence-corrected chi connectivity index (χ2v) is 4.87. The summed E-state index contributed by atoms with van der Waals surface area (Å²) in [5.74, 6) is 0.430. The zero-order chi connectivity index (χ0) is 9.84. The van der Waals surface area contributed by atoms with Gasteiger partial charge in [-0.25, -0.2) is 0 Å². The van der Waals surface area contributed by atoms with Gasteiger partial charge in [0.05, 0.1) is 4.34 Å². The smallest absolute Gasteiger partial charge is 0.0931 e. The molecule has 0 radical (unpaired) electrons. The van der Waals surface area contributed by atoms with E-state index >= 15 is 0 Å². The molecule has 3 N–H and O–H groups in total. The Balaban J connectivity index is 2.77. The summed E-state index contributed by atoms with van der Waals surface area (Å²) < 4.78 is 0.833. The Kier molecular flexibility index (Phi) is 4.19. The molecule has 0 saturated heterocycles. The number of nitrogens with one attached hydrogen (secondary N) is 1. The topological polar surface area (TPSA) is 38.0 Å². The maximum Gasteiger partial charge on any atom is 0.0931 e. The van der Waals surface area contributed by atoms with Crippen molar-refractivity contribution >= 4 is 22.9 Å². The van der Waals surface area contributed by atoms with Crippen LogP contribution in [0.15, 0.2) is 12.1 Å². The van der Waals surface area contributed by atoms with Crippen molar-refractivity contribution in [2.24, 2.45) is 11.7 Å². The Labute approximate surface area is 88.1 Å². The molecule has 0 aliphatic heterocycles. The summed E-state index contributed by atoms with van der Waals surface area (Å²) in [5, 5.41) is 3.25. The second-order valence-electron chi connectivity index (χ2n) is 3.12. The van der Waals surface area contributed by atoms with Gasteiger partial charge in [0, 0.05) is 10.9 Å². The third-order valence-corrected chi connectivity index (χ3v) is 3.47. The Morgan fingerprint density at radius 3 is 2.69 bits per heavy atom. The predicted molar refractivity (Wildman–Crippen MR) is 59.3 cm³/mol. The molecule has 0 spiro atoms. The molecule has 1 aromatic heterocycles. The summed E-state index contributed by atoms with van der Waals surface area (Å²) in [6, 6.07) is 4.30. The van der Waals surface area contributed by atoms with Gasteiger partial charge in [-0.1, -0.05) is 18.5 Å². The maximum absolute atomic E-state index is 5.87. The van der Waals surface area contributed by atoms with E-state index < -0.39 is 0 Å². The molecule has 2 atom stereocenters. The van der Waals surface area contributed by atoms with E-state index in [0.717, 1.165) is 4.34 Å². The molecular formula is C9H15ClN2S. The molecule has 2 nitrogen and oxygen atoms in total. The van der Waals surface area contributed by atoms with E-state index in [4.69, 9.17) is 17.3 Å². The molecular weight excluding hydrogens is 204 g/mol. The van der Waals surface area contributed by atoms with E-state index in [2.05, 4.69) is 18.3 Å². The highest BCUT2D eigenvalue weighted by molar-refractivity contribution is 7.16. The molecule has 0 fully saturated rings. The van der Waals surface area contributed by atoms with Crippen molar-refractivity contribution in [2.75, 3.05) is 13.6 Å². The molecule has 0 aliphatic rings. The van der Waals surface area contributed by atoms with Crippen molar-refractivity contribution in [3.8, 4) is 0 Å². The number of nitrogens with two attached hydrogens (primary N) is 1. The van der Waals surface area contributed by atoms with E-state index in [-0.39, 0.29) is 0 Å². The maximum atomic E-state index is 5.87. The summed E-state index contributed by atoms with van der Waals surface area (Å²) in [5.41, 5.74) is 5.62. The molecule has 0 aliphatic carbocycles. The Morgan fingerprint density at radius 2 is 2.31 bits per heavy atom. The lowest BCUT2D eigenvalue weighted by molar-refractivity contribution is 0.425. The van der Waals surface area contributed by atoms with Crippen LogP contribution >= 0.6 is 22.9 Å². The SMILES string of the molecule is CNC(c1ccc(Cl)s1)C(C)CN. The highest BCUT2D eigenvalue weighted by atomic mass is 35.5. The Morgan fingerprint density at radius 1 is 1.62 bits per heavy atom. The van der Waals surface area contributed by atoms with Crippen LogP contribution in [0.1, 0.15) is 17.8 Å². The van der Waals surface area contributed by atoms with Gasteiger partial charge in [-0.05, 0) is 31.6 Å². The molecule has 1 heterocycles. The average Bonchev–Trinajstić information content (AvgIpc) is 2.53. The fraction of sp³-hybridized carbons (Fsp3) is 0.556. The fourth-order valence-electron chi connectivity index (χ4n) is 1.34. The van der Waals surface area contributed by atoms with Crippen LogP contribution in [-0.2, 0) is 0 Å². The van der Waals surface area contributed by atoms with Crippen molar-refractivity contribution in [3.63, 3.8) is 0 Å². The molecule has 0 bridgehead atoms. The van der Waals surface area contributed by atoms with Gasteiger partial charge in [0.1, 0.15) is 0 Å². The summed E-state index contributed by atoms with van der Waals surface area (Å²) in [6.45, 7) is 2.82. The number of hydrogen-bond donors (Lipinski definition) is 2. The number of rotatable bonds is 4. The molecule has 74 valence electrons. The highest BCUT2D eigenvalue weighted by Gasteiger charge is 2.17. The number of thiophene rings is 1. The van der Waals surface area contributed by atoms with Crippen LogP contribution in [-0.4, -0.2) is 13.6 Å². The highest BCUT2D eigenvalue weighted by Crippen LogP contribution is 2.30. The van der Waals surface area contributed by atoms with Gasteiger partial charge in [-0.3, -0.25) is 0 Å². The molecule has 0 saturated carbocycles. The van der Waals surface area contributed by atoms with Crippen molar-refractivity contribution < 1.29 is 0 Å². The van der Waals surface area contributed by atoms with Crippen molar-refractivity contribution in [3.05, 3.63) is 21.3 Å². The van der Waals surface area contributed by atoms with Gasteiger partial charge in [0.2, 0.25) is 0 Å². The zero-order valence-electron chi connectivity index (χ0n) is 7.88. The number of halogens is 1. The minimum Gasteiger partial charge on any atom is -0.330 e. The molecule has 0 aromatic carbocycles. The zero-order valence-corrected chi connectivity index (χ0v) is 9.45. The number of hydrogen-bond acceptors (Lipinski definition) is 3. The van der Waals surface area contributed by atoms with Crippen LogP contribution in [0, 0.1) is 5.92 Å². The average molecular weight is 219 g/mol. The lowest BCUT2D eigenvalue weighted by Crippen LogP contribution is -2.27. The van der Waals surface area contributed by atoms with Crippen LogP contribution in [0.25, 0.3) is 0 Å². The second kappa shape index (κ2) is 4.96. The third kappa shape index (κ3) is 2.68. The van der Waals surface area contributed by atoms with E-state index in [1.807, 2.05) is 13.1 Å². The quantitative estimate of drug-likeness (QED) is 0.814. The van der Waals surface area contributed by atoms with Gasteiger partial charge in [0.25, 0.3) is 0 Å². The fourth-order valence-corrected chi connectivity index (χ4v) is 2.64. The Bertz CT molecular complexity index is 262. The minimum atomic E-state index is 0.322. The van der Waals surface area contributed by atoms with E-state index in [9.17, 15) is 0 Å². The van der Waals surface area contributed by atoms with Gasteiger partial charge in [-0.2, -0.15) is 0 Å². The van der Waals surface area contributed by atoms with Crippen molar-refractivity contribution in [2.45, 2.75) is 13.0 Å². The summed E-state index contributed by atoms with van der Waals surface area (Å²) in [6.07, 6.45) is 0. The minimum absolute atomic E-state index is 0.322. The van der Waals surface area contributed by atoms with E-state index in [1.54, 1.807) is 11.3 Å². The first kappa shape index (κ1) is 11.0. The first-order chi connectivity index (χ1) is 6.19. The Hall–Kier alpha value is -0.0900. The summed E-state index contributed by atoms with van der Waals surface area (Å²) in [7, 11) is 1.95. The molecule has 0 amide bonds. The lowest BCUT2D eigenvalue weighted by atomic mass is 10.0. The van der Waals surface area contributed by atoms with E-state index in [1.165, 1.54) is 4.88 Å². The van der Waals surface area contributed by atoms with Crippen molar-refractivity contribution in [1.82, 2.24) is 5.32 Å². The van der Waals surface area contributed by atoms with Crippen LogP contribution < -0.4 is 11.1 Å². The van der Waals surface area contributed by atoms with Crippen LogP contribution in [0.5, 0.6) is 0 Å². The largest absolute Gasteiger partial charge is 0.330 e. The van der Waals surface area contributed by atoms with Gasteiger partial charge < -0.3 is 11.1 Å². The van der Waals surface area contributed by atoms with Crippen molar-refractivity contribution in [1.29, 1.82) is 0 Å². The molecule has 13 heavy (non-hydrogen) atoms. The standard InChI is InChI=1S/C9H15ClN2S/c1-6(5-11)9(12-2)7-3-4-8(10)13-7/h3-4,6,9,12H,5,11H2,1-2H3. The third-order valence-electron chi connectivity index (χ3n) is 2.15.